The van der Waals surface area contributed by atoms with Crippen molar-refractivity contribution in [3.8, 4) is 0 Å². The van der Waals surface area contributed by atoms with Gasteiger partial charge in [-0.25, -0.2) is 0 Å². The van der Waals surface area contributed by atoms with Gasteiger partial charge in [0, 0.05) is 6.54 Å². The largest absolute Gasteiger partial charge is 0.405 e. The van der Waals surface area contributed by atoms with Gasteiger partial charge in [-0.2, -0.15) is 0 Å². The summed E-state index contributed by atoms with van der Waals surface area (Å²) in [6.07, 6.45) is 3.11. The molecule has 0 spiro atoms. The molecule has 0 aliphatic rings. The summed E-state index contributed by atoms with van der Waals surface area (Å²) in [7, 11) is 0. The predicted molar refractivity (Wildman–Crippen MR) is 35.4 cm³/mol. The van der Waals surface area contributed by atoms with Crippen LogP contribution in [0, 0.1) is 0 Å². The van der Waals surface area contributed by atoms with E-state index in [9.17, 15) is 4.79 Å². The lowest BCUT2D eigenvalue weighted by atomic mass is 10.5. The fourth-order valence-electron chi connectivity index (χ4n) is 0.347. The minimum absolute atomic E-state index is 0.199. The first-order valence-corrected chi connectivity index (χ1v) is 2.63. The molecule has 9 heavy (non-hydrogen) atoms. The summed E-state index contributed by atoms with van der Waals surface area (Å²) in [5.74, 6) is -0.361. The number of nitrogens with one attached hydrogen (secondary N) is 1. The van der Waals surface area contributed by atoms with E-state index in [0.29, 0.717) is 6.54 Å². The van der Waals surface area contributed by atoms with E-state index >= 15 is 0 Å². The quantitative estimate of drug-likeness (QED) is 0.405. The third-order valence-electron chi connectivity index (χ3n) is 0.698. The third kappa shape index (κ3) is 6.97. The second-order valence-electron chi connectivity index (χ2n) is 1.53. The summed E-state index contributed by atoms with van der Waals surface area (Å²) >= 11 is 0. The third-order valence-corrected chi connectivity index (χ3v) is 0.698. The maximum Gasteiger partial charge on any atom is 0.231 e. The van der Waals surface area contributed by atoms with Crippen LogP contribution in [0.5, 0.6) is 0 Å². The Balaban J connectivity index is 3.01. The average molecular weight is 129 g/mol. The molecule has 5 N–H and O–H groups in total. The van der Waals surface area contributed by atoms with Crippen LogP contribution in [0.4, 0.5) is 0 Å². The van der Waals surface area contributed by atoms with Gasteiger partial charge < -0.3 is 16.8 Å². The van der Waals surface area contributed by atoms with E-state index < -0.39 is 0 Å². The lowest BCUT2D eigenvalue weighted by Crippen LogP contribution is -2.28. The number of hydrogen-bond acceptors (Lipinski definition) is 3. The zero-order valence-corrected chi connectivity index (χ0v) is 5.13. The molecule has 0 radical (unpaired) electrons. The van der Waals surface area contributed by atoms with Gasteiger partial charge in [0.25, 0.3) is 0 Å². The maximum absolute atomic E-state index is 10.1. The molecular weight excluding hydrogens is 118 g/mol. The summed E-state index contributed by atoms with van der Waals surface area (Å²) in [6.45, 7) is 0.782. The SMILES string of the molecule is NC=CCNCC(N)=O. The standard InChI is InChI=1S/C5H11N3O/c6-2-1-3-8-4-5(7)9/h1-2,8H,3-4,6H2,(H2,7,9). The molecule has 0 fully saturated rings. The van der Waals surface area contributed by atoms with E-state index in [-0.39, 0.29) is 12.5 Å². The number of hydrogen-bond donors (Lipinski definition) is 3. The normalized spacial score (nSPS) is 10.2. The summed E-state index contributed by atoms with van der Waals surface area (Å²) in [4.78, 5) is 10.1. The van der Waals surface area contributed by atoms with Crippen LogP contribution in [-0.2, 0) is 4.79 Å². The monoisotopic (exact) mass is 129 g/mol. The Bertz CT molecular complexity index is 111. The van der Waals surface area contributed by atoms with Crippen LogP contribution < -0.4 is 16.8 Å². The summed E-state index contributed by atoms with van der Waals surface area (Å²) < 4.78 is 0. The second kappa shape index (κ2) is 5.11. The molecule has 0 saturated heterocycles. The molecule has 0 atom stereocenters. The van der Waals surface area contributed by atoms with Crippen LogP contribution >= 0.6 is 0 Å². The van der Waals surface area contributed by atoms with Gasteiger partial charge in [-0.1, -0.05) is 6.08 Å². The minimum Gasteiger partial charge on any atom is -0.405 e. The highest BCUT2D eigenvalue weighted by atomic mass is 16.1. The molecule has 52 valence electrons. The predicted octanol–water partition coefficient (Wildman–Crippen LogP) is -1.47. The molecule has 1 amide bonds. The first-order valence-electron chi connectivity index (χ1n) is 2.63. The van der Waals surface area contributed by atoms with Gasteiger partial charge in [0.05, 0.1) is 6.54 Å². The van der Waals surface area contributed by atoms with E-state index in [2.05, 4.69) is 5.32 Å². The average Bonchev–Trinajstić information content (AvgIpc) is 1.80. The summed E-state index contributed by atoms with van der Waals surface area (Å²) in [5.41, 5.74) is 9.83. The van der Waals surface area contributed by atoms with Gasteiger partial charge in [-0.05, 0) is 6.20 Å². The Morgan fingerprint density at radius 2 is 2.33 bits per heavy atom. The van der Waals surface area contributed by atoms with Crippen molar-refractivity contribution in [2.45, 2.75) is 0 Å². The molecule has 0 heterocycles. The van der Waals surface area contributed by atoms with Gasteiger partial charge in [0.15, 0.2) is 0 Å². The highest BCUT2D eigenvalue weighted by Crippen LogP contribution is 1.60. The van der Waals surface area contributed by atoms with Gasteiger partial charge in [0.1, 0.15) is 0 Å². The van der Waals surface area contributed by atoms with Gasteiger partial charge in [-0.3, -0.25) is 4.79 Å². The highest BCUT2D eigenvalue weighted by Gasteiger charge is 1.87. The van der Waals surface area contributed by atoms with Crippen molar-refractivity contribution in [2.24, 2.45) is 11.5 Å². The first-order chi connectivity index (χ1) is 4.27. The van der Waals surface area contributed by atoms with Crippen molar-refractivity contribution in [3.63, 3.8) is 0 Å². The molecular formula is C5H11N3O. The van der Waals surface area contributed by atoms with Crippen LogP contribution in [-0.4, -0.2) is 19.0 Å². The molecule has 0 bridgehead atoms. The van der Waals surface area contributed by atoms with E-state index in [0.717, 1.165) is 0 Å². The van der Waals surface area contributed by atoms with Crippen LogP contribution in [0.3, 0.4) is 0 Å². The van der Waals surface area contributed by atoms with Crippen LogP contribution in [0.15, 0.2) is 12.3 Å². The minimum atomic E-state index is -0.361. The topological polar surface area (TPSA) is 81.1 Å². The zero-order valence-electron chi connectivity index (χ0n) is 5.13. The molecule has 0 rings (SSSR count). The number of rotatable bonds is 4. The zero-order chi connectivity index (χ0) is 7.11. The Hall–Kier alpha value is -1.03. The lowest BCUT2D eigenvalue weighted by molar-refractivity contribution is -0.117. The smallest absolute Gasteiger partial charge is 0.231 e. The number of amides is 1. The Labute approximate surface area is 53.9 Å². The van der Waals surface area contributed by atoms with Crippen LogP contribution in [0.2, 0.25) is 0 Å². The number of carbonyl (C=O) groups excluding carboxylic acids is 1. The van der Waals surface area contributed by atoms with Crippen LogP contribution in [0.25, 0.3) is 0 Å². The number of carbonyl (C=O) groups is 1. The second-order valence-corrected chi connectivity index (χ2v) is 1.53. The molecule has 0 aromatic carbocycles. The van der Waals surface area contributed by atoms with E-state index in [1.165, 1.54) is 6.20 Å². The molecule has 4 heteroatoms. The fraction of sp³-hybridized carbons (Fsp3) is 0.400. The molecule has 0 unspecified atom stereocenters. The van der Waals surface area contributed by atoms with E-state index in [1.807, 2.05) is 0 Å². The van der Waals surface area contributed by atoms with Crippen molar-refractivity contribution < 1.29 is 4.79 Å². The number of nitrogens with two attached hydrogens (primary N) is 2. The first kappa shape index (κ1) is 7.97. The lowest BCUT2D eigenvalue weighted by Gasteiger charge is -1.93. The molecule has 0 aromatic rings. The molecule has 0 aromatic heterocycles. The molecule has 4 nitrogen and oxygen atoms in total. The van der Waals surface area contributed by atoms with Crippen molar-refractivity contribution in [2.75, 3.05) is 13.1 Å². The molecule has 0 aliphatic heterocycles. The van der Waals surface area contributed by atoms with Crippen molar-refractivity contribution >= 4 is 5.91 Å². The summed E-state index contributed by atoms with van der Waals surface area (Å²) in [6, 6.07) is 0. The van der Waals surface area contributed by atoms with E-state index in [1.54, 1.807) is 6.08 Å². The Kier molecular flexibility index (Phi) is 4.53. The van der Waals surface area contributed by atoms with E-state index in [4.69, 9.17) is 11.5 Å². The van der Waals surface area contributed by atoms with Gasteiger partial charge in [-0.15, -0.1) is 0 Å². The van der Waals surface area contributed by atoms with Crippen molar-refractivity contribution in [1.82, 2.24) is 5.32 Å². The highest BCUT2D eigenvalue weighted by molar-refractivity contribution is 5.75. The van der Waals surface area contributed by atoms with Gasteiger partial charge in [0.2, 0.25) is 5.91 Å². The maximum atomic E-state index is 10.1. The number of primary amides is 1. The molecule has 0 aliphatic carbocycles. The van der Waals surface area contributed by atoms with Gasteiger partial charge >= 0.3 is 0 Å². The summed E-state index contributed by atoms with van der Waals surface area (Å²) in [5, 5.41) is 2.74. The fourth-order valence-corrected chi connectivity index (χ4v) is 0.347. The Morgan fingerprint density at radius 3 is 2.78 bits per heavy atom. The van der Waals surface area contributed by atoms with Crippen molar-refractivity contribution in [1.29, 1.82) is 0 Å². The van der Waals surface area contributed by atoms with Crippen molar-refractivity contribution in [3.05, 3.63) is 12.3 Å². The van der Waals surface area contributed by atoms with Crippen LogP contribution in [0.1, 0.15) is 0 Å². The molecule has 0 saturated carbocycles. The Morgan fingerprint density at radius 1 is 1.67 bits per heavy atom.